The van der Waals surface area contributed by atoms with Crippen LogP contribution in [0.3, 0.4) is 0 Å². The Balaban J connectivity index is 1.24. The Hall–Kier alpha value is -2.22. The van der Waals surface area contributed by atoms with E-state index in [9.17, 15) is 0 Å². The van der Waals surface area contributed by atoms with E-state index in [1.54, 1.807) is 0 Å². The van der Waals surface area contributed by atoms with Crippen LogP contribution in [0, 0.1) is 5.92 Å². The summed E-state index contributed by atoms with van der Waals surface area (Å²) in [4.78, 5) is 17.5. The van der Waals surface area contributed by atoms with Gasteiger partial charge < -0.3 is 24.8 Å². The molecule has 36 heavy (non-hydrogen) atoms. The molecule has 0 amide bonds. The highest BCUT2D eigenvalue weighted by Crippen LogP contribution is 2.29. The fourth-order valence-electron chi connectivity index (χ4n) is 5.55. The lowest BCUT2D eigenvalue weighted by Crippen LogP contribution is -2.44. The molecule has 3 heterocycles. The second kappa shape index (κ2) is 12.3. The zero-order valence-electron chi connectivity index (χ0n) is 22.3. The first kappa shape index (κ1) is 25.4. The van der Waals surface area contributed by atoms with Crippen LogP contribution in [0.5, 0.6) is 0 Å². The molecule has 5 rings (SSSR count). The summed E-state index contributed by atoms with van der Waals surface area (Å²) in [6.45, 7) is 12.6. The van der Waals surface area contributed by atoms with E-state index in [0.29, 0.717) is 6.61 Å². The van der Waals surface area contributed by atoms with Crippen molar-refractivity contribution in [2.24, 2.45) is 5.92 Å². The molecule has 0 radical (unpaired) electrons. The number of ether oxygens (including phenoxy) is 1. The van der Waals surface area contributed by atoms with Crippen molar-refractivity contribution in [1.82, 2.24) is 19.8 Å². The van der Waals surface area contributed by atoms with Crippen LogP contribution >= 0.6 is 0 Å². The highest BCUT2D eigenvalue weighted by molar-refractivity contribution is 5.63. The van der Waals surface area contributed by atoms with E-state index in [2.05, 4.69) is 58.3 Å². The molecule has 1 N–H and O–H groups in total. The standard InChI is InChI=1S/C29H44N6O/c1-3-14-34(21-23-6-4-7-23)15-5-13-30-29-26-22-36-20-12-27(26)31-28(32-29)24-8-10-25(11-9-24)35-18-16-33(2)17-19-35/h8-11,23H,3-7,12-22H2,1-2H3,(H,30,31,32). The van der Waals surface area contributed by atoms with Gasteiger partial charge in [-0.3, -0.25) is 0 Å². The van der Waals surface area contributed by atoms with Gasteiger partial charge in [-0.2, -0.15) is 0 Å². The Kier molecular flexibility index (Phi) is 8.72. The third-order valence-electron chi connectivity index (χ3n) is 8.04. The fourth-order valence-corrected chi connectivity index (χ4v) is 5.55. The minimum atomic E-state index is 0.601. The molecule has 0 spiro atoms. The smallest absolute Gasteiger partial charge is 0.161 e. The van der Waals surface area contributed by atoms with Crippen molar-refractivity contribution in [1.29, 1.82) is 0 Å². The van der Waals surface area contributed by atoms with E-state index >= 15 is 0 Å². The van der Waals surface area contributed by atoms with Crippen LogP contribution in [0.25, 0.3) is 11.4 Å². The fraction of sp³-hybridized carbons (Fsp3) is 0.655. The van der Waals surface area contributed by atoms with Crippen molar-refractivity contribution in [3.05, 3.63) is 35.5 Å². The summed E-state index contributed by atoms with van der Waals surface area (Å²) in [5, 5.41) is 3.66. The summed E-state index contributed by atoms with van der Waals surface area (Å²) >= 11 is 0. The number of anilines is 2. The van der Waals surface area contributed by atoms with Crippen LogP contribution < -0.4 is 10.2 Å². The molecular formula is C29H44N6O. The summed E-state index contributed by atoms with van der Waals surface area (Å²) in [5.74, 6) is 2.71. The van der Waals surface area contributed by atoms with Gasteiger partial charge in [0.15, 0.2) is 5.82 Å². The molecule has 7 heteroatoms. The van der Waals surface area contributed by atoms with Gasteiger partial charge in [0.2, 0.25) is 0 Å². The van der Waals surface area contributed by atoms with Crippen molar-refractivity contribution in [2.75, 3.05) is 76.2 Å². The van der Waals surface area contributed by atoms with E-state index in [1.807, 2.05) is 0 Å². The molecule has 3 aliphatic rings. The average Bonchev–Trinajstić information content (AvgIpc) is 2.89. The van der Waals surface area contributed by atoms with Gasteiger partial charge in [0.1, 0.15) is 5.82 Å². The Bertz CT molecular complexity index is 968. The van der Waals surface area contributed by atoms with Gasteiger partial charge in [0.25, 0.3) is 0 Å². The molecule has 1 aromatic carbocycles. The van der Waals surface area contributed by atoms with Crippen LogP contribution in [0.15, 0.2) is 24.3 Å². The first-order chi connectivity index (χ1) is 17.7. The van der Waals surface area contributed by atoms with E-state index in [0.717, 1.165) is 93.1 Å². The Labute approximate surface area is 217 Å². The Morgan fingerprint density at radius 2 is 1.86 bits per heavy atom. The molecule has 7 nitrogen and oxygen atoms in total. The molecule has 1 saturated carbocycles. The number of aromatic nitrogens is 2. The Morgan fingerprint density at radius 1 is 1.06 bits per heavy atom. The lowest BCUT2D eigenvalue weighted by Gasteiger charge is -2.34. The molecular weight excluding hydrogens is 448 g/mol. The molecule has 1 aliphatic carbocycles. The maximum atomic E-state index is 5.77. The van der Waals surface area contributed by atoms with Crippen LogP contribution in [0.2, 0.25) is 0 Å². The van der Waals surface area contributed by atoms with E-state index < -0.39 is 0 Å². The van der Waals surface area contributed by atoms with Crippen molar-refractivity contribution in [2.45, 2.75) is 52.1 Å². The molecule has 1 saturated heterocycles. The lowest BCUT2D eigenvalue weighted by atomic mass is 9.85. The van der Waals surface area contributed by atoms with Gasteiger partial charge >= 0.3 is 0 Å². The molecule has 196 valence electrons. The molecule has 0 bridgehead atoms. The SMILES string of the molecule is CCCN(CCCNc1nc(-c2ccc(N3CCN(C)CC3)cc2)nc2c1COCC2)CC1CCC1. The van der Waals surface area contributed by atoms with Crippen LogP contribution in [-0.2, 0) is 17.8 Å². The van der Waals surface area contributed by atoms with Gasteiger partial charge in [-0.1, -0.05) is 13.3 Å². The number of rotatable bonds is 11. The number of nitrogens with one attached hydrogen (secondary N) is 1. The van der Waals surface area contributed by atoms with Gasteiger partial charge in [0.05, 0.1) is 18.9 Å². The number of hydrogen-bond donors (Lipinski definition) is 1. The molecule has 0 unspecified atom stereocenters. The van der Waals surface area contributed by atoms with Crippen molar-refractivity contribution < 1.29 is 4.74 Å². The van der Waals surface area contributed by atoms with Crippen LogP contribution in [0.4, 0.5) is 11.5 Å². The van der Waals surface area contributed by atoms with E-state index in [-0.39, 0.29) is 0 Å². The maximum absolute atomic E-state index is 5.77. The van der Waals surface area contributed by atoms with Gasteiger partial charge in [-0.15, -0.1) is 0 Å². The van der Waals surface area contributed by atoms with Gasteiger partial charge in [0, 0.05) is 62.5 Å². The maximum Gasteiger partial charge on any atom is 0.161 e. The van der Waals surface area contributed by atoms with Gasteiger partial charge in [-0.25, -0.2) is 9.97 Å². The van der Waals surface area contributed by atoms with Crippen LogP contribution in [0.1, 0.15) is 50.3 Å². The van der Waals surface area contributed by atoms with Crippen molar-refractivity contribution in [3.8, 4) is 11.4 Å². The number of nitrogens with zero attached hydrogens (tertiary/aromatic N) is 5. The third-order valence-corrected chi connectivity index (χ3v) is 8.04. The number of hydrogen-bond acceptors (Lipinski definition) is 7. The summed E-state index contributed by atoms with van der Waals surface area (Å²) in [6, 6.07) is 8.82. The molecule has 2 fully saturated rings. The van der Waals surface area contributed by atoms with E-state index in [1.165, 1.54) is 44.5 Å². The number of piperazine rings is 1. The van der Waals surface area contributed by atoms with Gasteiger partial charge in [-0.05, 0) is 76.0 Å². The predicted octanol–water partition coefficient (Wildman–Crippen LogP) is 4.28. The topological polar surface area (TPSA) is 56.8 Å². The highest BCUT2D eigenvalue weighted by atomic mass is 16.5. The largest absolute Gasteiger partial charge is 0.376 e. The average molecular weight is 493 g/mol. The minimum Gasteiger partial charge on any atom is -0.376 e. The normalized spacial score (nSPS) is 18.8. The zero-order valence-corrected chi connectivity index (χ0v) is 22.3. The first-order valence-corrected chi connectivity index (χ1v) is 14.2. The second-order valence-corrected chi connectivity index (χ2v) is 10.8. The highest BCUT2D eigenvalue weighted by Gasteiger charge is 2.21. The van der Waals surface area contributed by atoms with Crippen LogP contribution in [-0.4, -0.2) is 85.8 Å². The second-order valence-electron chi connectivity index (χ2n) is 10.8. The summed E-state index contributed by atoms with van der Waals surface area (Å²) in [6.07, 6.45) is 7.48. The Morgan fingerprint density at radius 3 is 2.58 bits per heavy atom. The predicted molar refractivity (Wildman–Crippen MR) is 148 cm³/mol. The molecule has 2 aromatic rings. The monoisotopic (exact) mass is 492 g/mol. The number of fused-ring (bicyclic) bond motifs is 1. The lowest BCUT2D eigenvalue weighted by molar-refractivity contribution is 0.109. The molecule has 0 atom stereocenters. The molecule has 1 aromatic heterocycles. The summed E-state index contributed by atoms with van der Waals surface area (Å²) in [7, 11) is 2.20. The minimum absolute atomic E-state index is 0.601. The third kappa shape index (κ3) is 6.36. The number of benzene rings is 1. The summed E-state index contributed by atoms with van der Waals surface area (Å²) < 4.78 is 5.77. The first-order valence-electron chi connectivity index (χ1n) is 14.2. The summed E-state index contributed by atoms with van der Waals surface area (Å²) in [5.41, 5.74) is 4.64. The quantitative estimate of drug-likeness (QED) is 0.470. The van der Waals surface area contributed by atoms with E-state index in [4.69, 9.17) is 14.7 Å². The number of likely N-dealkylation sites (N-methyl/N-ethyl adjacent to an activating group) is 1. The zero-order chi connectivity index (χ0) is 24.7. The molecule has 2 aliphatic heterocycles. The van der Waals surface area contributed by atoms with Crippen molar-refractivity contribution in [3.63, 3.8) is 0 Å². The van der Waals surface area contributed by atoms with Crippen molar-refractivity contribution >= 4 is 11.5 Å².